The molecule has 0 saturated carbocycles. The number of piperidine rings is 1. The Kier molecular flexibility index (Phi) is 8.21. The van der Waals surface area contributed by atoms with Gasteiger partial charge in [-0.2, -0.15) is 4.31 Å². The molecule has 0 bridgehead atoms. The molecule has 0 atom stereocenters. The van der Waals surface area contributed by atoms with Crippen LogP contribution in [0.3, 0.4) is 0 Å². The van der Waals surface area contributed by atoms with Crippen LogP contribution in [0.4, 0.5) is 4.39 Å². The largest absolute Gasteiger partial charge is 0.342 e. The second-order valence-electron chi connectivity index (χ2n) is 9.53. The van der Waals surface area contributed by atoms with E-state index in [2.05, 4.69) is 4.90 Å². The van der Waals surface area contributed by atoms with E-state index in [0.717, 1.165) is 64.0 Å². The van der Waals surface area contributed by atoms with Crippen molar-refractivity contribution in [2.45, 2.75) is 43.4 Å². The lowest BCUT2D eigenvalue weighted by Crippen LogP contribution is -2.53. The monoisotopic (exact) mass is 494 g/mol. The summed E-state index contributed by atoms with van der Waals surface area (Å²) >= 11 is 0. The highest BCUT2D eigenvalue weighted by atomic mass is 32.2. The maximum atomic E-state index is 13.1. The first-order valence-corrected chi connectivity index (χ1v) is 13.8. The molecule has 0 aromatic heterocycles. The van der Waals surface area contributed by atoms with E-state index in [9.17, 15) is 22.4 Å². The Morgan fingerprint density at radius 1 is 0.794 bits per heavy atom. The second kappa shape index (κ2) is 11.1. The SMILES string of the molecule is O=C(CN1CCC(C(=O)N2CCCCCC2)CC1)N1CCN(S(=O)(=O)c2ccc(F)cc2)CC1. The number of nitrogens with zero attached hydrogens (tertiary/aromatic N) is 4. The summed E-state index contributed by atoms with van der Waals surface area (Å²) in [6, 6.07) is 4.81. The van der Waals surface area contributed by atoms with Gasteiger partial charge in [0.25, 0.3) is 0 Å². The van der Waals surface area contributed by atoms with Crippen molar-refractivity contribution >= 4 is 21.8 Å². The van der Waals surface area contributed by atoms with Gasteiger partial charge in [0.1, 0.15) is 5.82 Å². The lowest BCUT2D eigenvalue weighted by atomic mass is 9.95. The van der Waals surface area contributed by atoms with Crippen molar-refractivity contribution < 1.29 is 22.4 Å². The maximum Gasteiger partial charge on any atom is 0.243 e. The Bertz CT molecular complexity index is 948. The van der Waals surface area contributed by atoms with Crippen LogP contribution in [0.15, 0.2) is 29.2 Å². The van der Waals surface area contributed by atoms with E-state index in [1.165, 1.54) is 29.3 Å². The van der Waals surface area contributed by atoms with Crippen LogP contribution in [0, 0.1) is 11.7 Å². The number of rotatable bonds is 5. The third-order valence-corrected chi connectivity index (χ3v) is 9.17. The number of likely N-dealkylation sites (tertiary alicyclic amines) is 2. The van der Waals surface area contributed by atoms with Crippen molar-refractivity contribution in [2.75, 3.05) is 58.9 Å². The minimum absolute atomic E-state index is 0.00359. The number of carbonyl (C=O) groups excluding carboxylic acids is 2. The predicted molar refractivity (Wildman–Crippen MR) is 126 cm³/mol. The Hall–Kier alpha value is -2.04. The van der Waals surface area contributed by atoms with Gasteiger partial charge < -0.3 is 9.80 Å². The number of hydrogen-bond donors (Lipinski definition) is 0. The number of piperazine rings is 1. The summed E-state index contributed by atoms with van der Waals surface area (Å²) in [5.41, 5.74) is 0. The van der Waals surface area contributed by atoms with E-state index >= 15 is 0 Å². The standard InChI is InChI=1S/C24H35FN4O4S/c25-21-5-7-22(8-6-21)34(32,33)29-17-15-27(16-18-29)23(30)19-26-13-9-20(10-14-26)24(31)28-11-3-1-2-4-12-28/h5-8,20H,1-4,9-19H2. The lowest BCUT2D eigenvalue weighted by molar-refractivity contribution is -0.137. The summed E-state index contributed by atoms with van der Waals surface area (Å²) in [4.78, 5) is 31.6. The lowest BCUT2D eigenvalue weighted by Gasteiger charge is -2.37. The van der Waals surface area contributed by atoms with E-state index < -0.39 is 15.8 Å². The summed E-state index contributed by atoms with van der Waals surface area (Å²) in [6.07, 6.45) is 6.17. The topological polar surface area (TPSA) is 81.2 Å². The summed E-state index contributed by atoms with van der Waals surface area (Å²) < 4.78 is 40.0. The molecule has 8 nitrogen and oxygen atoms in total. The quantitative estimate of drug-likeness (QED) is 0.623. The van der Waals surface area contributed by atoms with Gasteiger partial charge in [-0.25, -0.2) is 12.8 Å². The van der Waals surface area contributed by atoms with Crippen LogP contribution in [-0.2, 0) is 19.6 Å². The first-order valence-electron chi connectivity index (χ1n) is 12.4. The number of sulfonamides is 1. The number of halogens is 1. The van der Waals surface area contributed by atoms with Gasteiger partial charge in [-0.3, -0.25) is 14.5 Å². The zero-order valence-electron chi connectivity index (χ0n) is 19.7. The second-order valence-corrected chi connectivity index (χ2v) is 11.5. The summed E-state index contributed by atoms with van der Waals surface area (Å²) in [7, 11) is -3.70. The third-order valence-electron chi connectivity index (χ3n) is 7.26. The van der Waals surface area contributed by atoms with Gasteiger partial charge in [-0.15, -0.1) is 0 Å². The minimum Gasteiger partial charge on any atom is -0.342 e. The summed E-state index contributed by atoms with van der Waals surface area (Å²) in [5.74, 6) is -0.142. The first kappa shape index (κ1) is 25.1. The van der Waals surface area contributed by atoms with Crippen LogP contribution < -0.4 is 0 Å². The molecule has 0 radical (unpaired) electrons. The third kappa shape index (κ3) is 5.95. The van der Waals surface area contributed by atoms with Crippen molar-refractivity contribution in [1.29, 1.82) is 0 Å². The first-order chi connectivity index (χ1) is 16.3. The highest BCUT2D eigenvalue weighted by molar-refractivity contribution is 7.89. The molecule has 1 aromatic rings. The Balaban J connectivity index is 1.22. The Morgan fingerprint density at radius 2 is 1.38 bits per heavy atom. The molecule has 3 saturated heterocycles. The highest BCUT2D eigenvalue weighted by Crippen LogP contribution is 2.22. The van der Waals surface area contributed by atoms with Gasteiger partial charge in [0.05, 0.1) is 11.4 Å². The van der Waals surface area contributed by atoms with Crippen molar-refractivity contribution in [3.8, 4) is 0 Å². The molecule has 2 amide bonds. The molecule has 1 aromatic carbocycles. The van der Waals surface area contributed by atoms with Gasteiger partial charge in [0, 0.05) is 45.2 Å². The fraction of sp³-hybridized carbons (Fsp3) is 0.667. The molecular weight excluding hydrogens is 459 g/mol. The molecule has 0 unspecified atom stereocenters. The molecule has 188 valence electrons. The zero-order valence-corrected chi connectivity index (χ0v) is 20.5. The van der Waals surface area contributed by atoms with E-state index in [4.69, 9.17) is 0 Å². The number of benzene rings is 1. The number of carbonyl (C=O) groups is 2. The molecule has 0 N–H and O–H groups in total. The van der Waals surface area contributed by atoms with Crippen molar-refractivity contribution in [3.63, 3.8) is 0 Å². The summed E-state index contributed by atoms with van der Waals surface area (Å²) in [6.45, 7) is 4.63. The maximum absolute atomic E-state index is 13.1. The van der Waals surface area contributed by atoms with Crippen LogP contribution >= 0.6 is 0 Å². The molecule has 3 aliphatic heterocycles. The fourth-order valence-corrected chi connectivity index (χ4v) is 6.53. The van der Waals surface area contributed by atoms with Gasteiger partial charge in [0.2, 0.25) is 21.8 Å². The van der Waals surface area contributed by atoms with E-state index in [0.29, 0.717) is 19.6 Å². The smallest absolute Gasteiger partial charge is 0.243 e. The van der Waals surface area contributed by atoms with E-state index in [-0.39, 0.29) is 35.7 Å². The predicted octanol–water partition coefficient (Wildman–Crippen LogP) is 1.77. The molecular formula is C24H35FN4O4S. The molecule has 4 rings (SSSR count). The fourth-order valence-electron chi connectivity index (χ4n) is 5.11. The van der Waals surface area contributed by atoms with Crippen LogP contribution in [0.25, 0.3) is 0 Å². The van der Waals surface area contributed by atoms with E-state index in [1.807, 2.05) is 4.90 Å². The van der Waals surface area contributed by atoms with Crippen LogP contribution in [0.2, 0.25) is 0 Å². The number of amides is 2. The molecule has 0 aliphatic carbocycles. The van der Waals surface area contributed by atoms with Gasteiger partial charge >= 0.3 is 0 Å². The Labute approximate surface area is 201 Å². The van der Waals surface area contributed by atoms with Gasteiger partial charge in [-0.05, 0) is 63.0 Å². The molecule has 3 heterocycles. The van der Waals surface area contributed by atoms with Gasteiger partial charge in [-0.1, -0.05) is 12.8 Å². The molecule has 10 heteroatoms. The molecule has 3 aliphatic rings. The van der Waals surface area contributed by atoms with Crippen molar-refractivity contribution in [1.82, 2.24) is 19.0 Å². The molecule has 34 heavy (non-hydrogen) atoms. The van der Waals surface area contributed by atoms with Crippen LogP contribution in [-0.4, -0.2) is 98.1 Å². The summed E-state index contributed by atoms with van der Waals surface area (Å²) in [5, 5.41) is 0. The van der Waals surface area contributed by atoms with E-state index in [1.54, 1.807) is 4.90 Å². The molecule has 3 fully saturated rings. The average molecular weight is 495 g/mol. The number of hydrogen-bond acceptors (Lipinski definition) is 5. The Morgan fingerprint density at radius 3 is 1.97 bits per heavy atom. The van der Waals surface area contributed by atoms with Crippen LogP contribution in [0.1, 0.15) is 38.5 Å². The average Bonchev–Trinajstić information content (AvgIpc) is 3.14. The van der Waals surface area contributed by atoms with Crippen molar-refractivity contribution in [2.24, 2.45) is 5.92 Å². The van der Waals surface area contributed by atoms with Gasteiger partial charge in [0.15, 0.2) is 0 Å². The van der Waals surface area contributed by atoms with Crippen LogP contribution in [0.5, 0.6) is 0 Å². The zero-order chi connectivity index (χ0) is 24.1. The minimum atomic E-state index is -3.70. The molecule has 0 spiro atoms. The van der Waals surface area contributed by atoms with Crippen molar-refractivity contribution in [3.05, 3.63) is 30.1 Å². The normalized spacial score (nSPS) is 21.9. The highest BCUT2D eigenvalue weighted by Gasteiger charge is 2.32.